The van der Waals surface area contributed by atoms with Gasteiger partial charge in [0.25, 0.3) is 5.91 Å². The van der Waals surface area contributed by atoms with Crippen LogP contribution in [0.3, 0.4) is 0 Å². The first-order chi connectivity index (χ1) is 11.9. The zero-order valence-corrected chi connectivity index (χ0v) is 14.6. The van der Waals surface area contributed by atoms with Crippen LogP contribution in [-0.4, -0.2) is 20.4 Å². The van der Waals surface area contributed by atoms with Crippen molar-refractivity contribution in [1.82, 2.24) is 14.7 Å². The maximum absolute atomic E-state index is 12.3. The summed E-state index contributed by atoms with van der Waals surface area (Å²) in [5.41, 5.74) is 0.790. The summed E-state index contributed by atoms with van der Waals surface area (Å²) in [4.78, 5) is 28.6. The summed E-state index contributed by atoms with van der Waals surface area (Å²) in [6.07, 6.45) is 1.54. The highest BCUT2D eigenvalue weighted by Crippen LogP contribution is 2.22. The second kappa shape index (κ2) is 6.74. The van der Waals surface area contributed by atoms with Crippen LogP contribution >= 0.6 is 23.2 Å². The van der Waals surface area contributed by atoms with Gasteiger partial charge in [-0.25, -0.2) is 4.98 Å². The quantitative estimate of drug-likeness (QED) is 0.734. The van der Waals surface area contributed by atoms with E-state index in [-0.39, 0.29) is 17.9 Å². The van der Waals surface area contributed by atoms with Crippen LogP contribution in [0.5, 0.6) is 5.75 Å². The lowest BCUT2D eigenvalue weighted by Crippen LogP contribution is -2.27. The first-order valence-electron chi connectivity index (χ1n) is 7.31. The number of aromatic nitrogens is 2. The molecule has 0 bridgehead atoms. The van der Waals surface area contributed by atoms with Crippen molar-refractivity contribution >= 4 is 34.8 Å². The Kier molecular flexibility index (Phi) is 4.65. The minimum absolute atomic E-state index is 0.143. The predicted molar refractivity (Wildman–Crippen MR) is 95.5 cm³/mol. The topological polar surface area (TPSA) is 83.7 Å². The van der Waals surface area contributed by atoms with E-state index in [1.54, 1.807) is 43.5 Å². The maximum Gasteiger partial charge on any atom is 0.300 e. The number of nitrogens with one attached hydrogen (secondary N) is 1. The van der Waals surface area contributed by atoms with Gasteiger partial charge in [-0.05, 0) is 36.2 Å². The number of nitrogens with zero attached hydrogens (tertiary/aromatic N) is 2. The molecule has 0 atom stereocenters. The van der Waals surface area contributed by atoms with Crippen molar-refractivity contribution in [2.75, 3.05) is 0 Å². The van der Waals surface area contributed by atoms with Gasteiger partial charge in [0.1, 0.15) is 5.65 Å². The third kappa shape index (κ3) is 3.45. The molecular formula is C17H13Cl2N3O3. The molecule has 2 N–H and O–H groups in total. The molecule has 0 aliphatic rings. The van der Waals surface area contributed by atoms with Crippen LogP contribution in [0.15, 0.2) is 41.3 Å². The summed E-state index contributed by atoms with van der Waals surface area (Å²) in [6, 6.07) is 8.31. The number of aryl methyl sites for hydroxylation is 1. The smallest absolute Gasteiger partial charge is 0.300 e. The van der Waals surface area contributed by atoms with Crippen molar-refractivity contribution in [3.63, 3.8) is 0 Å². The minimum Gasteiger partial charge on any atom is -0.501 e. The summed E-state index contributed by atoms with van der Waals surface area (Å²) in [6.45, 7) is 1.95. The molecule has 0 aliphatic carbocycles. The average molecular weight is 378 g/mol. The van der Waals surface area contributed by atoms with Crippen LogP contribution in [0.25, 0.3) is 5.65 Å². The van der Waals surface area contributed by atoms with Gasteiger partial charge in [0.2, 0.25) is 5.75 Å². The van der Waals surface area contributed by atoms with E-state index in [1.807, 2.05) is 0 Å². The van der Waals surface area contributed by atoms with E-state index in [9.17, 15) is 14.7 Å². The van der Waals surface area contributed by atoms with Crippen molar-refractivity contribution in [3.05, 3.63) is 73.7 Å². The lowest BCUT2D eigenvalue weighted by Gasteiger charge is -2.09. The first kappa shape index (κ1) is 17.3. The molecule has 6 nitrogen and oxygen atoms in total. The molecule has 8 heteroatoms. The minimum atomic E-state index is -0.701. The van der Waals surface area contributed by atoms with E-state index in [2.05, 4.69) is 10.3 Å². The van der Waals surface area contributed by atoms with Crippen LogP contribution in [0.4, 0.5) is 0 Å². The summed E-state index contributed by atoms with van der Waals surface area (Å²) < 4.78 is 1.19. The van der Waals surface area contributed by atoms with Crippen LogP contribution in [0.2, 0.25) is 10.0 Å². The van der Waals surface area contributed by atoms with E-state index in [4.69, 9.17) is 23.2 Å². The molecule has 3 aromatic rings. The summed E-state index contributed by atoms with van der Waals surface area (Å²) >= 11 is 11.8. The van der Waals surface area contributed by atoms with Crippen LogP contribution < -0.4 is 10.9 Å². The van der Waals surface area contributed by atoms with E-state index in [0.29, 0.717) is 10.0 Å². The van der Waals surface area contributed by atoms with Crippen molar-refractivity contribution in [3.8, 4) is 5.75 Å². The normalized spacial score (nSPS) is 10.8. The number of pyridine rings is 1. The van der Waals surface area contributed by atoms with Gasteiger partial charge in [0.15, 0.2) is 5.69 Å². The van der Waals surface area contributed by atoms with Gasteiger partial charge in [-0.1, -0.05) is 35.3 Å². The number of rotatable bonds is 3. The maximum atomic E-state index is 12.3. The van der Waals surface area contributed by atoms with Gasteiger partial charge < -0.3 is 10.4 Å². The second-order valence-electron chi connectivity index (χ2n) is 5.48. The third-order valence-electron chi connectivity index (χ3n) is 3.60. The fraction of sp³-hybridized carbons (Fsp3) is 0.118. The van der Waals surface area contributed by atoms with Crippen molar-refractivity contribution in [1.29, 1.82) is 0 Å². The lowest BCUT2D eigenvalue weighted by molar-refractivity contribution is 0.0942. The van der Waals surface area contributed by atoms with Crippen molar-refractivity contribution in [2.45, 2.75) is 13.5 Å². The molecule has 0 spiro atoms. The van der Waals surface area contributed by atoms with E-state index >= 15 is 0 Å². The molecule has 25 heavy (non-hydrogen) atoms. The molecule has 0 radical (unpaired) electrons. The second-order valence-corrected chi connectivity index (χ2v) is 6.29. The van der Waals surface area contributed by atoms with E-state index in [0.717, 1.165) is 11.1 Å². The molecule has 0 saturated heterocycles. The first-order valence-corrected chi connectivity index (χ1v) is 8.06. The molecule has 0 unspecified atom stereocenters. The van der Waals surface area contributed by atoms with Gasteiger partial charge in [-0.15, -0.1) is 0 Å². The number of amides is 1. The Morgan fingerprint density at radius 3 is 2.72 bits per heavy atom. The molecular weight excluding hydrogens is 365 g/mol. The third-order valence-corrected chi connectivity index (χ3v) is 4.34. The Morgan fingerprint density at radius 1 is 1.24 bits per heavy atom. The summed E-state index contributed by atoms with van der Waals surface area (Å²) in [7, 11) is 0. The van der Waals surface area contributed by atoms with Crippen molar-refractivity contribution < 1.29 is 9.90 Å². The van der Waals surface area contributed by atoms with Gasteiger partial charge in [0.05, 0.1) is 10.0 Å². The number of hydrogen-bond acceptors (Lipinski definition) is 4. The van der Waals surface area contributed by atoms with Crippen molar-refractivity contribution in [2.24, 2.45) is 0 Å². The summed E-state index contributed by atoms with van der Waals surface area (Å²) in [5.74, 6) is -1.36. The molecule has 2 heterocycles. The van der Waals surface area contributed by atoms with Gasteiger partial charge in [-0.2, -0.15) is 0 Å². The number of carbonyl (C=O) groups excluding carboxylic acids is 1. The number of fused-ring (bicyclic) bond motifs is 1. The predicted octanol–water partition coefficient (Wildman–Crippen LogP) is 2.95. The number of aromatic hydroxyl groups is 1. The molecule has 3 rings (SSSR count). The zero-order valence-electron chi connectivity index (χ0n) is 13.1. The van der Waals surface area contributed by atoms with Crippen LogP contribution in [0.1, 0.15) is 21.6 Å². The number of carbonyl (C=O) groups is 1. The van der Waals surface area contributed by atoms with Gasteiger partial charge in [0, 0.05) is 12.7 Å². The molecule has 1 amide bonds. The van der Waals surface area contributed by atoms with E-state index < -0.39 is 17.2 Å². The number of benzene rings is 1. The zero-order chi connectivity index (χ0) is 18.1. The highest BCUT2D eigenvalue weighted by Gasteiger charge is 2.18. The molecule has 128 valence electrons. The highest BCUT2D eigenvalue weighted by molar-refractivity contribution is 6.42. The number of hydrogen-bond donors (Lipinski definition) is 2. The van der Waals surface area contributed by atoms with Crippen LogP contribution in [-0.2, 0) is 6.54 Å². The number of halogens is 2. The largest absolute Gasteiger partial charge is 0.501 e. The molecule has 0 saturated carbocycles. The van der Waals surface area contributed by atoms with Crippen LogP contribution in [0, 0.1) is 6.92 Å². The fourth-order valence-corrected chi connectivity index (χ4v) is 2.63. The molecule has 0 fully saturated rings. The Hall–Kier alpha value is -2.57. The van der Waals surface area contributed by atoms with E-state index in [1.165, 1.54) is 4.40 Å². The Bertz CT molecular complexity index is 1050. The lowest BCUT2D eigenvalue weighted by atomic mass is 10.2. The van der Waals surface area contributed by atoms with Gasteiger partial charge in [-0.3, -0.25) is 14.0 Å². The Morgan fingerprint density at radius 2 is 2.00 bits per heavy atom. The molecule has 0 aliphatic heterocycles. The van der Waals surface area contributed by atoms with Gasteiger partial charge >= 0.3 is 5.56 Å². The Balaban J connectivity index is 1.89. The summed E-state index contributed by atoms with van der Waals surface area (Å²) in [5, 5.41) is 13.4. The Labute approximate surface area is 152 Å². The fourth-order valence-electron chi connectivity index (χ4n) is 2.31. The monoisotopic (exact) mass is 377 g/mol. The highest BCUT2D eigenvalue weighted by atomic mass is 35.5. The average Bonchev–Trinajstić information content (AvgIpc) is 2.59. The molecule has 2 aromatic heterocycles. The SMILES string of the molecule is Cc1ccc2nc(C(=O)NCc3ccc(Cl)c(Cl)c3)c(O)c(=O)n2c1. The molecule has 1 aromatic carbocycles. The standard InChI is InChI=1S/C17H13Cl2N3O3/c1-9-2-5-13-21-14(15(23)17(25)22(13)8-9)16(24)20-7-10-3-4-11(18)12(19)6-10/h2-6,8,23H,7H2,1H3,(H,20,24).